The molecule has 3 rings (SSSR count). The van der Waals surface area contributed by atoms with Crippen molar-refractivity contribution in [2.45, 2.75) is 71.8 Å². The Bertz CT molecular complexity index is 788. The number of hydrogen-bond acceptors (Lipinski definition) is 4. The molecule has 1 aliphatic rings. The predicted octanol–water partition coefficient (Wildman–Crippen LogP) is 4.71. The van der Waals surface area contributed by atoms with Crippen LogP contribution in [0.3, 0.4) is 0 Å². The smallest absolute Gasteiger partial charge is 0.338 e. The van der Waals surface area contributed by atoms with Crippen LogP contribution in [0.15, 0.2) is 12.1 Å². The lowest BCUT2D eigenvalue weighted by Crippen LogP contribution is -2.35. The molecule has 2 aromatic heterocycles. The molecule has 2 heterocycles. The number of pyridine rings is 1. The van der Waals surface area contributed by atoms with E-state index in [1.165, 1.54) is 37.9 Å². The molecule has 142 valence electrons. The van der Waals surface area contributed by atoms with Crippen molar-refractivity contribution in [2.24, 2.45) is 0 Å². The molecular formula is C21H31N3O2. The van der Waals surface area contributed by atoms with Crippen LogP contribution in [0.5, 0.6) is 0 Å². The summed E-state index contributed by atoms with van der Waals surface area (Å²) in [5.41, 5.74) is 3.52. The van der Waals surface area contributed by atoms with Gasteiger partial charge in [-0.3, -0.25) is 4.40 Å². The highest BCUT2D eigenvalue weighted by Gasteiger charge is 2.26. The van der Waals surface area contributed by atoms with Crippen molar-refractivity contribution in [3.05, 3.63) is 29.1 Å². The number of nitrogens with zero attached hydrogens (tertiary/aromatic N) is 3. The number of esters is 1. The van der Waals surface area contributed by atoms with Gasteiger partial charge in [0.25, 0.3) is 0 Å². The highest BCUT2D eigenvalue weighted by molar-refractivity contribution is 5.91. The van der Waals surface area contributed by atoms with Crippen LogP contribution in [0.25, 0.3) is 5.65 Å². The van der Waals surface area contributed by atoms with E-state index < -0.39 is 0 Å². The summed E-state index contributed by atoms with van der Waals surface area (Å²) in [6.07, 6.45) is 6.42. The summed E-state index contributed by atoms with van der Waals surface area (Å²) >= 11 is 0. The van der Waals surface area contributed by atoms with Crippen molar-refractivity contribution in [3.8, 4) is 0 Å². The summed E-state index contributed by atoms with van der Waals surface area (Å²) in [6, 6.07) is 4.33. The van der Waals surface area contributed by atoms with E-state index >= 15 is 0 Å². The summed E-state index contributed by atoms with van der Waals surface area (Å²) in [7, 11) is 2.20. The largest absolute Gasteiger partial charge is 0.462 e. The van der Waals surface area contributed by atoms with E-state index in [1.807, 2.05) is 26.0 Å². The minimum Gasteiger partial charge on any atom is -0.462 e. The molecule has 0 unspecified atom stereocenters. The van der Waals surface area contributed by atoms with Gasteiger partial charge in [-0.05, 0) is 44.7 Å². The van der Waals surface area contributed by atoms with Gasteiger partial charge in [0.2, 0.25) is 0 Å². The summed E-state index contributed by atoms with van der Waals surface area (Å²) in [6.45, 7) is 8.61. The minimum absolute atomic E-state index is 0.283. The Morgan fingerprint density at radius 1 is 1.31 bits per heavy atom. The third-order valence-corrected chi connectivity index (χ3v) is 5.42. The van der Waals surface area contributed by atoms with Crippen LogP contribution in [0.1, 0.15) is 80.5 Å². The Hall–Kier alpha value is -2.04. The monoisotopic (exact) mass is 357 g/mol. The highest BCUT2D eigenvalue weighted by atomic mass is 16.5. The van der Waals surface area contributed by atoms with Gasteiger partial charge in [-0.2, -0.15) is 0 Å². The number of rotatable bonds is 5. The Morgan fingerprint density at radius 3 is 2.62 bits per heavy atom. The van der Waals surface area contributed by atoms with Crippen molar-refractivity contribution < 1.29 is 9.53 Å². The second-order valence-corrected chi connectivity index (χ2v) is 7.68. The minimum atomic E-state index is -0.283. The first-order valence-electron chi connectivity index (χ1n) is 9.87. The maximum absolute atomic E-state index is 12.2. The second-order valence-electron chi connectivity index (χ2n) is 7.68. The first-order valence-corrected chi connectivity index (χ1v) is 9.87. The summed E-state index contributed by atoms with van der Waals surface area (Å²) in [4.78, 5) is 19.5. The average molecular weight is 357 g/mol. The maximum Gasteiger partial charge on any atom is 0.338 e. The number of aromatic nitrogens is 2. The van der Waals surface area contributed by atoms with Gasteiger partial charge in [-0.1, -0.05) is 33.1 Å². The van der Waals surface area contributed by atoms with Gasteiger partial charge in [0.15, 0.2) is 0 Å². The molecule has 0 aliphatic heterocycles. The average Bonchev–Trinajstić information content (AvgIpc) is 3.02. The first-order chi connectivity index (χ1) is 12.4. The summed E-state index contributed by atoms with van der Waals surface area (Å²) in [5, 5.41) is 0. The lowest BCUT2D eigenvalue weighted by atomic mass is 9.94. The number of hydrogen-bond donors (Lipinski definition) is 0. The van der Waals surface area contributed by atoms with E-state index in [-0.39, 0.29) is 5.97 Å². The van der Waals surface area contributed by atoms with Crippen molar-refractivity contribution in [1.82, 2.24) is 9.38 Å². The SMILES string of the molecule is CCOC(=O)c1cc(C)n2c(N(C)C3CCCCC3)c(C(C)C)nc2c1. The first kappa shape index (κ1) is 18.7. The molecule has 1 saturated carbocycles. The lowest BCUT2D eigenvalue weighted by Gasteiger charge is -2.33. The third-order valence-electron chi connectivity index (χ3n) is 5.42. The Balaban J connectivity index is 2.11. The van der Waals surface area contributed by atoms with E-state index in [9.17, 15) is 4.79 Å². The Kier molecular flexibility index (Phi) is 5.54. The zero-order valence-corrected chi connectivity index (χ0v) is 16.7. The zero-order chi connectivity index (χ0) is 18.8. The van der Waals surface area contributed by atoms with Gasteiger partial charge in [0.05, 0.1) is 17.9 Å². The molecule has 0 saturated heterocycles. The molecule has 26 heavy (non-hydrogen) atoms. The molecule has 0 radical (unpaired) electrons. The summed E-state index contributed by atoms with van der Waals surface area (Å²) < 4.78 is 7.37. The fraction of sp³-hybridized carbons (Fsp3) is 0.619. The third kappa shape index (κ3) is 3.44. The molecule has 5 heteroatoms. The Labute approximate surface area is 156 Å². The van der Waals surface area contributed by atoms with Crippen LogP contribution in [-0.2, 0) is 4.74 Å². The molecule has 0 N–H and O–H groups in total. The van der Waals surface area contributed by atoms with Gasteiger partial charge in [-0.15, -0.1) is 0 Å². The molecule has 0 aromatic carbocycles. The van der Waals surface area contributed by atoms with Crippen LogP contribution < -0.4 is 4.90 Å². The molecular weight excluding hydrogens is 326 g/mol. The second kappa shape index (κ2) is 7.68. The van der Waals surface area contributed by atoms with Crippen molar-refractivity contribution in [3.63, 3.8) is 0 Å². The molecule has 0 spiro atoms. The fourth-order valence-corrected chi connectivity index (χ4v) is 4.06. The topological polar surface area (TPSA) is 46.8 Å². The number of fused-ring (bicyclic) bond motifs is 1. The van der Waals surface area contributed by atoms with Crippen LogP contribution in [0, 0.1) is 6.92 Å². The van der Waals surface area contributed by atoms with Gasteiger partial charge in [-0.25, -0.2) is 9.78 Å². The van der Waals surface area contributed by atoms with E-state index in [2.05, 4.69) is 30.2 Å². The van der Waals surface area contributed by atoms with Gasteiger partial charge in [0.1, 0.15) is 11.5 Å². The fourth-order valence-electron chi connectivity index (χ4n) is 4.06. The zero-order valence-electron chi connectivity index (χ0n) is 16.7. The number of imidazole rings is 1. The van der Waals surface area contributed by atoms with Crippen molar-refractivity contribution >= 4 is 17.4 Å². The lowest BCUT2D eigenvalue weighted by molar-refractivity contribution is 0.0526. The van der Waals surface area contributed by atoms with Crippen LogP contribution in [0.2, 0.25) is 0 Å². The Morgan fingerprint density at radius 2 is 2.00 bits per heavy atom. The van der Waals surface area contributed by atoms with Gasteiger partial charge < -0.3 is 9.64 Å². The molecule has 0 bridgehead atoms. The number of carbonyl (C=O) groups is 1. The van der Waals surface area contributed by atoms with Crippen molar-refractivity contribution in [2.75, 3.05) is 18.6 Å². The van der Waals surface area contributed by atoms with Crippen LogP contribution in [-0.4, -0.2) is 35.1 Å². The van der Waals surface area contributed by atoms with Gasteiger partial charge >= 0.3 is 5.97 Å². The number of anilines is 1. The van der Waals surface area contributed by atoms with E-state index in [1.54, 1.807) is 0 Å². The normalized spacial score (nSPS) is 15.6. The number of ether oxygens (including phenoxy) is 1. The molecule has 2 aromatic rings. The molecule has 1 fully saturated rings. The van der Waals surface area contributed by atoms with Gasteiger partial charge in [0, 0.05) is 18.8 Å². The maximum atomic E-state index is 12.2. The number of carbonyl (C=O) groups excluding carboxylic acids is 1. The molecule has 0 atom stereocenters. The van der Waals surface area contributed by atoms with E-state index in [4.69, 9.17) is 9.72 Å². The van der Waals surface area contributed by atoms with Crippen molar-refractivity contribution in [1.29, 1.82) is 0 Å². The molecule has 0 amide bonds. The van der Waals surface area contributed by atoms with E-state index in [0.29, 0.717) is 24.1 Å². The predicted molar refractivity (Wildman–Crippen MR) is 105 cm³/mol. The standard InChI is InChI=1S/C21H31N3O2/c1-6-26-21(25)16-12-15(4)24-18(13-16)22-19(14(2)3)20(24)23(5)17-10-8-7-9-11-17/h12-14,17H,6-11H2,1-5H3. The molecule has 1 aliphatic carbocycles. The number of aryl methyl sites for hydroxylation is 1. The highest BCUT2D eigenvalue weighted by Crippen LogP contribution is 2.34. The molecule has 5 nitrogen and oxygen atoms in total. The van der Waals surface area contributed by atoms with E-state index in [0.717, 1.165) is 17.0 Å². The summed E-state index contributed by atoms with van der Waals surface area (Å²) in [5.74, 6) is 1.21. The van der Waals surface area contributed by atoms with Crippen LogP contribution in [0.4, 0.5) is 5.82 Å². The quantitative estimate of drug-likeness (QED) is 0.727. The van der Waals surface area contributed by atoms with Crippen LogP contribution >= 0.6 is 0 Å².